The van der Waals surface area contributed by atoms with Crippen LogP contribution in [0.2, 0.25) is 0 Å². The van der Waals surface area contributed by atoms with Crippen LogP contribution in [0.1, 0.15) is 37.8 Å². The van der Waals surface area contributed by atoms with Gasteiger partial charge in [0.25, 0.3) is 0 Å². The summed E-state index contributed by atoms with van der Waals surface area (Å²) in [5.41, 5.74) is 10.2. The van der Waals surface area contributed by atoms with E-state index < -0.39 is 0 Å². The lowest BCUT2D eigenvalue weighted by Gasteiger charge is -2.44. The molecular weight excluding hydrogens is 284 g/mol. The van der Waals surface area contributed by atoms with Crippen molar-refractivity contribution >= 4 is 11.4 Å². The van der Waals surface area contributed by atoms with Gasteiger partial charge in [-0.2, -0.15) is 0 Å². The number of nitrogen functional groups attached to an aromatic ring is 1. The van der Waals surface area contributed by atoms with Crippen molar-refractivity contribution in [3.05, 3.63) is 53.6 Å². The van der Waals surface area contributed by atoms with Gasteiger partial charge in [0.15, 0.2) is 0 Å². The first kappa shape index (κ1) is 15.7. The summed E-state index contributed by atoms with van der Waals surface area (Å²) >= 11 is 0. The molecule has 1 aliphatic rings. The Morgan fingerprint density at radius 2 is 1.78 bits per heavy atom. The third kappa shape index (κ3) is 3.14. The summed E-state index contributed by atoms with van der Waals surface area (Å²) in [7, 11) is 0. The second-order valence-electron chi connectivity index (χ2n) is 6.56. The molecule has 122 valence electrons. The van der Waals surface area contributed by atoms with Gasteiger partial charge in [0.2, 0.25) is 0 Å². The highest BCUT2D eigenvalue weighted by molar-refractivity contribution is 5.62. The number of hydrogen-bond donors (Lipinski definition) is 1. The molecule has 2 aromatic rings. The van der Waals surface area contributed by atoms with Crippen molar-refractivity contribution in [1.82, 2.24) is 0 Å². The van der Waals surface area contributed by atoms with E-state index in [-0.39, 0.29) is 5.60 Å². The Morgan fingerprint density at radius 3 is 2.43 bits per heavy atom. The molecule has 0 unspecified atom stereocenters. The summed E-state index contributed by atoms with van der Waals surface area (Å²) in [5, 5.41) is 0. The Balaban J connectivity index is 1.96. The molecule has 0 saturated carbocycles. The zero-order valence-electron chi connectivity index (χ0n) is 14.3. The minimum absolute atomic E-state index is 0.101. The van der Waals surface area contributed by atoms with E-state index in [2.05, 4.69) is 56.0 Å². The van der Waals surface area contributed by atoms with Crippen LogP contribution in [0.3, 0.4) is 0 Å². The smallest absolute Gasteiger partial charge is 0.143 e. The SMILES string of the molecule is CCC1(CC)CN(Cc2ccc(N)cc2)c2cc(C)ccc2O1. The van der Waals surface area contributed by atoms with Crippen LogP contribution in [0.15, 0.2) is 42.5 Å². The maximum absolute atomic E-state index is 6.40. The van der Waals surface area contributed by atoms with Crippen LogP contribution in [0, 0.1) is 6.92 Å². The highest BCUT2D eigenvalue weighted by Crippen LogP contribution is 2.40. The fourth-order valence-electron chi connectivity index (χ4n) is 3.26. The molecule has 0 spiro atoms. The maximum Gasteiger partial charge on any atom is 0.143 e. The van der Waals surface area contributed by atoms with Gasteiger partial charge in [-0.05, 0) is 55.2 Å². The lowest BCUT2D eigenvalue weighted by atomic mass is 9.93. The number of hydrogen-bond acceptors (Lipinski definition) is 3. The third-order valence-corrected chi connectivity index (χ3v) is 4.90. The van der Waals surface area contributed by atoms with Gasteiger partial charge < -0.3 is 15.4 Å². The van der Waals surface area contributed by atoms with Crippen LogP contribution >= 0.6 is 0 Å². The second-order valence-corrected chi connectivity index (χ2v) is 6.56. The molecule has 0 aliphatic carbocycles. The summed E-state index contributed by atoms with van der Waals surface area (Å²) in [4.78, 5) is 2.45. The quantitative estimate of drug-likeness (QED) is 0.843. The molecule has 23 heavy (non-hydrogen) atoms. The molecule has 0 fully saturated rings. The van der Waals surface area contributed by atoms with Crippen LogP contribution in [-0.2, 0) is 6.54 Å². The highest BCUT2D eigenvalue weighted by Gasteiger charge is 2.36. The van der Waals surface area contributed by atoms with Gasteiger partial charge >= 0.3 is 0 Å². The molecule has 2 aromatic carbocycles. The Morgan fingerprint density at radius 1 is 1.09 bits per heavy atom. The van der Waals surface area contributed by atoms with Gasteiger partial charge in [-0.25, -0.2) is 0 Å². The standard InChI is InChI=1S/C20H26N2O/c1-4-20(5-2)14-22(13-16-7-9-17(21)10-8-16)18-12-15(3)6-11-19(18)23-20/h6-12H,4-5,13-14,21H2,1-3H3. The van der Waals surface area contributed by atoms with Crippen molar-refractivity contribution < 1.29 is 4.74 Å². The van der Waals surface area contributed by atoms with Crippen molar-refractivity contribution in [2.75, 3.05) is 17.2 Å². The van der Waals surface area contributed by atoms with Crippen molar-refractivity contribution in [1.29, 1.82) is 0 Å². The first-order chi connectivity index (χ1) is 11.0. The molecule has 1 heterocycles. The van der Waals surface area contributed by atoms with Gasteiger partial charge in [-0.3, -0.25) is 0 Å². The molecule has 0 aromatic heterocycles. The van der Waals surface area contributed by atoms with E-state index in [4.69, 9.17) is 10.5 Å². The van der Waals surface area contributed by atoms with Crippen molar-refractivity contribution in [2.24, 2.45) is 0 Å². The minimum atomic E-state index is -0.101. The molecule has 0 radical (unpaired) electrons. The molecule has 3 rings (SSSR count). The van der Waals surface area contributed by atoms with E-state index in [0.717, 1.165) is 37.4 Å². The summed E-state index contributed by atoms with van der Waals surface area (Å²) < 4.78 is 6.40. The van der Waals surface area contributed by atoms with Crippen molar-refractivity contribution in [3.63, 3.8) is 0 Å². The Labute approximate surface area is 139 Å². The van der Waals surface area contributed by atoms with E-state index in [9.17, 15) is 0 Å². The van der Waals surface area contributed by atoms with Gasteiger partial charge in [-0.1, -0.05) is 32.0 Å². The Hall–Kier alpha value is -2.16. The lowest BCUT2D eigenvalue weighted by Crippen LogP contribution is -2.50. The number of fused-ring (bicyclic) bond motifs is 1. The van der Waals surface area contributed by atoms with Crippen LogP contribution in [0.25, 0.3) is 0 Å². The number of benzene rings is 2. The summed E-state index contributed by atoms with van der Waals surface area (Å²) in [6, 6.07) is 14.6. The molecule has 0 atom stereocenters. The molecule has 2 N–H and O–H groups in total. The second kappa shape index (κ2) is 6.15. The average Bonchev–Trinajstić information content (AvgIpc) is 2.57. The zero-order valence-corrected chi connectivity index (χ0v) is 14.3. The minimum Gasteiger partial charge on any atom is -0.483 e. The van der Waals surface area contributed by atoms with E-state index in [1.165, 1.54) is 16.8 Å². The van der Waals surface area contributed by atoms with Crippen molar-refractivity contribution in [3.8, 4) is 5.75 Å². The van der Waals surface area contributed by atoms with Crippen LogP contribution in [0.4, 0.5) is 11.4 Å². The van der Waals surface area contributed by atoms with Gasteiger partial charge in [0.05, 0.1) is 12.2 Å². The predicted octanol–water partition coefficient (Wildman–Crippen LogP) is 4.54. The monoisotopic (exact) mass is 310 g/mol. The average molecular weight is 310 g/mol. The Kier molecular flexibility index (Phi) is 4.20. The first-order valence-corrected chi connectivity index (χ1v) is 8.44. The zero-order chi connectivity index (χ0) is 16.4. The number of nitrogens with two attached hydrogens (primary N) is 1. The first-order valence-electron chi connectivity index (χ1n) is 8.44. The predicted molar refractivity (Wildman–Crippen MR) is 97.0 cm³/mol. The molecule has 0 amide bonds. The highest BCUT2D eigenvalue weighted by atomic mass is 16.5. The Bertz CT molecular complexity index is 675. The van der Waals surface area contributed by atoms with E-state index >= 15 is 0 Å². The molecule has 3 nitrogen and oxygen atoms in total. The lowest BCUT2D eigenvalue weighted by molar-refractivity contribution is 0.0570. The summed E-state index contributed by atoms with van der Waals surface area (Å²) in [6.45, 7) is 8.35. The number of nitrogens with zero attached hydrogens (tertiary/aromatic N) is 1. The molecule has 1 aliphatic heterocycles. The topological polar surface area (TPSA) is 38.5 Å². The van der Waals surface area contributed by atoms with Crippen LogP contribution in [-0.4, -0.2) is 12.1 Å². The largest absolute Gasteiger partial charge is 0.483 e. The van der Waals surface area contributed by atoms with E-state index in [1.807, 2.05) is 12.1 Å². The molecule has 3 heteroatoms. The van der Waals surface area contributed by atoms with Gasteiger partial charge in [0, 0.05) is 12.2 Å². The number of anilines is 2. The van der Waals surface area contributed by atoms with Crippen molar-refractivity contribution in [2.45, 2.75) is 45.8 Å². The normalized spacial score (nSPS) is 15.9. The van der Waals surface area contributed by atoms with E-state index in [1.54, 1.807) is 0 Å². The molecular formula is C20H26N2O. The number of rotatable bonds is 4. The molecule has 0 bridgehead atoms. The van der Waals surface area contributed by atoms with Crippen LogP contribution < -0.4 is 15.4 Å². The summed E-state index contributed by atoms with van der Waals surface area (Å²) in [6.07, 6.45) is 2.02. The summed E-state index contributed by atoms with van der Waals surface area (Å²) in [5.74, 6) is 1.00. The molecule has 0 saturated heterocycles. The number of aryl methyl sites for hydroxylation is 1. The van der Waals surface area contributed by atoms with Gasteiger partial charge in [-0.15, -0.1) is 0 Å². The maximum atomic E-state index is 6.40. The third-order valence-electron chi connectivity index (χ3n) is 4.90. The van der Waals surface area contributed by atoms with Crippen LogP contribution in [0.5, 0.6) is 5.75 Å². The fourth-order valence-corrected chi connectivity index (χ4v) is 3.26. The fraction of sp³-hybridized carbons (Fsp3) is 0.400. The number of ether oxygens (including phenoxy) is 1. The van der Waals surface area contributed by atoms with E-state index in [0.29, 0.717) is 0 Å². The van der Waals surface area contributed by atoms with Gasteiger partial charge in [0.1, 0.15) is 11.4 Å².